The fraction of sp³-hybridized carbons (Fsp3) is 0.500. The van der Waals surface area contributed by atoms with Gasteiger partial charge in [0, 0.05) is 29.7 Å². The summed E-state index contributed by atoms with van der Waals surface area (Å²) in [6, 6.07) is 1.95. The molecule has 2 unspecified atom stereocenters. The fourth-order valence-corrected chi connectivity index (χ4v) is 3.12. The van der Waals surface area contributed by atoms with Gasteiger partial charge in [-0.05, 0) is 45.1 Å². The van der Waals surface area contributed by atoms with Crippen molar-refractivity contribution < 1.29 is 4.74 Å². The third-order valence-electron chi connectivity index (χ3n) is 4.66. The molecule has 2 aromatic rings. The second-order valence-electron chi connectivity index (χ2n) is 6.82. The summed E-state index contributed by atoms with van der Waals surface area (Å²) >= 11 is 0. The molecule has 2 heterocycles. The number of nitrogen functional groups attached to an aromatic ring is 1. The van der Waals surface area contributed by atoms with Gasteiger partial charge in [0.25, 0.3) is 0 Å². The maximum Gasteiger partial charge on any atom is 0.225 e. The molecule has 0 aromatic carbocycles. The van der Waals surface area contributed by atoms with Crippen molar-refractivity contribution in [2.45, 2.75) is 52.2 Å². The van der Waals surface area contributed by atoms with E-state index in [1.54, 1.807) is 18.5 Å². The van der Waals surface area contributed by atoms with Crippen LogP contribution in [-0.2, 0) is 0 Å². The largest absolute Gasteiger partial charge is 0.474 e. The van der Waals surface area contributed by atoms with Crippen LogP contribution in [0.2, 0.25) is 0 Å². The molecule has 6 heteroatoms. The summed E-state index contributed by atoms with van der Waals surface area (Å²) in [7, 11) is 0. The van der Waals surface area contributed by atoms with Gasteiger partial charge in [0.15, 0.2) is 0 Å². The van der Waals surface area contributed by atoms with E-state index in [0.717, 1.165) is 6.42 Å². The summed E-state index contributed by atoms with van der Waals surface area (Å²) in [5.74, 6) is 0.954. The third-order valence-corrected chi connectivity index (χ3v) is 4.66. The summed E-state index contributed by atoms with van der Waals surface area (Å²) in [6.45, 7) is 6.30. The van der Waals surface area contributed by atoms with E-state index in [1.807, 2.05) is 10.9 Å². The van der Waals surface area contributed by atoms with E-state index in [4.69, 9.17) is 15.9 Å². The van der Waals surface area contributed by atoms with Crippen LogP contribution in [-0.4, -0.2) is 26.6 Å². The fourth-order valence-electron chi connectivity index (χ4n) is 3.12. The van der Waals surface area contributed by atoms with Crippen molar-refractivity contribution in [2.24, 2.45) is 5.92 Å². The SMILES string of the molecule is CC1CCCC1Oc1nccc(N)c1C(=N)c1cnn(C(C)C)c1. The molecule has 3 rings (SSSR count). The Balaban J connectivity index is 1.92. The number of anilines is 1. The molecule has 0 saturated heterocycles. The van der Waals surface area contributed by atoms with Crippen molar-refractivity contribution in [2.75, 3.05) is 5.73 Å². The number of pyridine rings is 1. The van der Waals surface area contributed by atoms with Crippen molar-refractivity contribution in [3.05, 3.63) is 35.8 Å². The third kappa shape index (κ3) is 3.13. The number of rotatable bonds is 5. The quantitative estimate of drug-likeness (QED) is 0.823. The van der Waals surface area contributed by atoms with Crippen LogP contribution in [0, 0.1) is 11.3 Å². The summed E-state index contributed by atoms with van der Waals surface area (Å²) in [5, 5.41) is 12.9. The van der Waals surface area contributed by atoms with Crippen LogP contribution in [0.5, 0.6) is 5.88 Å². The maximum atomic E-state index is 8.58. The Kier molecular flexibility index (Phi) is 4.55. The molecule has 0 radical (unpaired) electrons. The molecule has 3 N–H and O–H groups in total. The van der Waals surface area contributed by atoms with Crippen molar-refractivity contribution in [1.82, 2.24) is 14.8 Å². The zero-order valence-electron chi connectivity index (χ0n) is 14.5. The second kappa shape index (κ2) is 6.63. The van der Waals surface area contributed by atoms with E-state index in [1.165, 1.54) is 12.8 Å². The van der Waals surface area contributed by atoms with Crippen LogP contribution < -0.4 is 10.5 Å². The Bertz CT molecular complexity index is 737. The standard InChI is InChI=1S/C18H25N5O/c1-11(2)23-10-13(9-22-23)17(20)16-14(19)7-8-21-18(16)24-15-6-4-5-12(15)3/h7-12,15,20H,4-6H2,1-3H3,(H2,19,21). The highest BCUT2D eigenvalue weighted by atomic mass is 16.5. The minimum Gasteiger partial charge on any atom is -0.474 e. The number of nitrogens with zero attached hydrogens (tertiary/aromatic N) is 3. The highest BCUT2D eigenvalue weighted by molar-refractivity contribution is 6.15. The van der Waals surface area contributed by atoms with Gasteiger partial charge in [-0.3, -0.25) is 10.1 Å². The number of nitrogens with one attached hydrogen (secondary N) is 1. The Hall–Kier alpha value is -2.37. The van der Waals surface area contributed by atoms with E-state index in [9.17, 15) is 0 Å². The van der Waals surface area contributed by atoms with Gasteiger partial charge in [-0.1, -0.05) is 6.92 Å². The molecule has 128 valence electrons. The number of hydrogen-bond donors (Lipinski definition) is 2. The van der Waals surface area contributed by atoms with Gasteiger partial charge in [0.2, 0.25) is 5.88 Å². The van der Waals surface area contributed by atoms with Gasteiger partial charge in [0.05, 0.1) is 17.5 Å². The van der Waals surface area contributed by atoms with Gasteiger partial charge < -0.3 is 10.5 Å². The molecule has 1 aliphatic rings. The molecule has 0 bridgehead atoms. The van der Waals surface area contributed by atoms with Crippen LogP contribution in [0.15, 0.2) is 24.7 Å². The first-order valence-electron chi connectivity index (χ1n) is 8.52. The lowest BCUT2D eigenvalue weighted by molar-refractivity contribution is 0.160. The van der Waals surface area contributed by atoms with Crippen LogP contribution in [0.25, 0.3) is 0 Å². The Morgan fingerprint density at radius 1 is 1.42 bits per heavy atom. The van der Waals surface area contributed by atoms with Crippen LogP contribution in [0.3, 0.4) is 0 Å². The summed E-state index contributed by atoms with van der Waals surface area (Å²) in [4.78, 5) is 4.36. The second-order valence-corrected chi connectivity index (χ2v) is 6.82. The molecule has 2 atom stereocenters. The van der Waals surface area contributed by atoms with Gasteiger partial charge >= 0.3 is 0 Å². The number of ether oxygens (including phenoxy) is 1. The molecule has 0 aliphatic heterocycles. The minimum absolute atomic E-state index is 0.143. The predicted octanol–water partition coefficient (Wildman–Crippen LogP) is 3.42. The van der Waals surface area contributed by atoms with Crippen LogP contribution in [0.1, 0.15) is 57.2 Å². The van der Waals surface area contributed by atoms with Crippen LogP contribution >= 0.6 is 0 Å². The summed E-state index contributed by atoms with van der Waals surface area (Å²) in [6.07, 6.45) is 8.69. The van der Waals surface area contributed by atoms with E-state index >= 15 is 0 Å². The molecule has 2 aromatic heterocycles. The molecular formula is C18H25N5O. The highest BCUT2D eigenvalue weighted by Gasteiger charge is 2.27. The molecule has 0 amide bonds. The van der Waals surface area contributed by atoms with Crippen molar-refractivity contribution in [3.8, 4) is 5.88 Å². The smallest absolute Gasteiger partial charge is 0.225 e. The zero-order valence-corrected chi connectivity index (χ0v) is 14.5. The number of hydrogen-bond acceptors (Lipinski definition) is 5. The lowest BCUT2D eigenvalue weighted by atomic mass is 10.0. The first-order chi connectivity index (χ1) is 11.5. The maximum absolute atomic E-state index is 8.58. The molecule has 1 aliphatic carbocycles. The van der Waals surface area contributed by atoms with E-state index in [2.05, 4.69) is 30.9 Å². The average Bonchev–Trinajstić information content (AvgIpc) is 3.17. The minimum atomic E-state index is 0.143. The van der Waals surface area contributed by atoms with Crippen molar-refractivity contribution in [3.63, 3.8) is 0 Å². The topological polar surface area (TPSA) is 89.8 Å². The van der Waals surface area contributed by atoms with Crippen molar-refractivity contribution in [1.29, 1.82) is 5.41 Å². The van der Waals surface area contributed by atoms with E-state index in [0.29, 0.717) is 34.3 Å². The first kappa shape index (κ1) is 16.5. The van der Waals surface area contributed by atoms with Crippen molar-refractivity contribution >= 4 is 11.4 Å². The van der Waals surface area contributed by atoms with E-state index in [-0.39, 0.29) is 12.1 Å². The molecule has 1 saturated carbocycles. The molecule has 1 fully saturated rings. The Labute approximate surface area is 142 Å². The number of aromatic nitrogens is 3. The predicted molar refractivity (Wildman–Crippen MR) is 94.6 cm³/mol. The molecule has 0 spiro atoms. The van der Waals surface area contributed by atoms with Crippen LogP contribution in [0.4, 0.5) is 5.69 Å². The first-order valence-corrected chi connectivity index (χ1v) is 8.52. The van der Waals surface area contributed by atoms with E-state index < -0.39 is 0 Å². The van der Waals surface area contributed by atoms with Gasteiger partial charge in [-0.2, -0.15) is 5.10 Å². The number of nitrogens with two attached hydrogens (primary N) is 1. The zero-order chi connectivity index (χ0) is 17.3. The normalized spacial score (nSPS) is 20.5. The molecular weight excluding hydrogens is 302 g/mol. The van der Waals surface area contributed by atoms with Gasteiger partial charge in [-0.25, -0.2) is 4.98 Å². The van der Waals surface area contributed by atoms with Gasteiger partial charge in [0.1, 0.15) is 6.10 Å². The Morgan fingerprint density at radius 3 is 2.83 bits per heavy atom. The summed E-state index contributed by atoms with van der Waals surface area (Å²) in [5.41, 5.74) is 8.22. The Morgan fingerprint density at radius 2 is 2.21 bits per heavy atom. The average molecular weight is 327 g/mol. The molecule has 24 heavy (non-hydrogen) atoms. The lowest BCUT2D eigenvalue weighted by Crippen LogP contribution is -2.21. The highest BCUT2D eigenvalue weighted by Crippen LogP contribution is 2.32. The lowest BCUT2D eigenvalue weighted by Gasteiger charge is -2.20. The monoisotopic (exact) mass is 327 g/mol. The molecule has 6 nitrogen and oxygen atoms in total. The summed E-state index contributed by atoms with van der Waals surface area (Å²) < 4.78 is 7.97. The van der Waals surface area contributed by atoms with Gasteiger partial charge in [-0.15, -0.1) is 0 Å².